The predicted molar refractivity (Wildman–Crippen MR) is 55.9 cm³/mol. The van der Waals surface area contributed by atoms with Crippen LogP contribution in [0.4, 0.5) is 0 Å². The van der Waals surface area contributed by atoms with Gasteiger partial charge < -0.3 is 15.9 Å². The van der Waals surface area contributed by atoms with Gasteiger partial charge in [0.15, 0.2) is 5.54 Å². The van der Waals surface area contributed by atoms with E-state index in [0.717, 1.165) is 0 Å². The third-order valence-corrected chi connectivity index (χ3v) is 2.62. The molecule has 0 saturated carbocycles. The molecule has 16 heavy (non-hydrogen) atoms. The Balaban J connectivity index is 2.56. The van der Waals surface area contributed by atoms with Gasteiger partial charge >= 0.3 is 11.9 Å². The van der Waals surface area contributed by atoms with Crippen molar-refractivity contribution in [1.29, 1.82) is 0 Å². The number of nitrogens with two attached hydrogens (primary N) is 1. The second-order valence-electron chi connectivity index (χ2n) is 3.61. The molecule has 1 unspecified atom stereocenters. The number of aromatic carboxylic acids is 1. The highest BCUT2D eigenvalue weighted by Crippen LogP contribution is 2.32. The van der Waals surface area contributed by atoms with Gasteiger partial charge in [0.05, 0.1) is 5.56 Å². The van der Waals surface area contributed by atoms with Crippen molar-refractivity contribution in [3.8, 4) is 0 Å². The maximum absolute atomic E-state index is 11.0. The minimum Gasteiger partial charge on any atom is -0.479 e. The van der Waals surface area contributed by atoms with Gasteiger partial charge in [-0.25, -0.2) is 9.59 Å². The number of carboxylic acids is 2. The first-order valence-electron chi connectivity index (χ1n) is 4.54. The van der Waals surface area contributed by atoms with Crippen LogP contribution in [0.1, 0.15) is 21.5 Å². The van der Waals surface area contributed by atoms with Crippen LogP contribution in [0.2, 0.25) is 0 Å². The fourth-order valence-corrected chi connectivity index (χ4v) is 1.71. The van der Waals surface area contributed by atoms with Crippen molar-refractivity contribution in [2.75, 3.05) is 0 Å². The van der Waals surface area contributed by atoms with E-state index in [1.54, 1.807) is 0 Å². The molecular formula is C11H9NO4. The first-order valence-corrected chi connectivity index (χ1v) is 4.54. The van der Waals surface area contributed by atoms with E-state index in [1.807, 2.05) is 0 Å². The van der Waals surface area contributed by atoms with Crippen molar-refractivity contribution in [2.24, 2.45) is 5.73 Å². The van der Waals surface area contributed by atoms with Gasteiger partial charge in [-0.15, -0.1) is 0 Å². The highest BCUT2D eigenvalue weighted by Gasteiger charge is 2.38. The van der Waals surface area contributed by atoms with Crippen LogP contribution in [-0.4, -0.2) is 22.2 Å². The molecule has 0 bridgehead atoms. The summed E-state index contributed by atoms with van der Waals surface area (Å²) < 4.78 is 0. The lowest BCUT2D eigenvalue weighted by molar-refractivity contribution is -0.141. The summed E-state index contributed by atoms with van der Waals surface area (Å²) in [7, 11) is 0. The number of benzene rings is 1. The fraction of sp³-hybridized carbons (Fsp3) is 0.0909. The summed E-state index contributed by atoms with van der Waals surface area (Å²) in [5, 5.41) is 17.8. The fourth-order valence-electron chi connectivity index (χ4n) is 1.71. The van der Waals surface area contributed by atoms with Crippen LogP contribution in [0.15, 0.2) is 24.3 Å². The average molecular weight is 219 g/mol. The highest BCUT2D eigenvalue weighted by molar-refractivity contribution is 5.93. The zero-order valence-corrected chi connectivity index (χ0v) is 8.18. The van der Waals surface area contributed by atoms with E-state index in [9.17, 15) is 9.59 Å². The molecule has 1 aromatic rings. The van der Waals surface area contributed by atoms with E-state index in [4.69, 9.17) is 15.9 Å². The van der Waals surface area contributed by atoms with Gasteiger partial charge in [0.2, 0.25) is 0 Å². The Labute approximate surface area is 90.8 Å². The van der Waals surface area contributed by atoms with E-state index in [1.165, 1.54) is 30.4 Å². The smallest absolute Gasteiger partial charge is 0.335 e. The molecule has 0 fully saturated rings. The predicted octanol–water partition coefficient (Wildman–Crippen LogP) is 0.650. The minimum atomic E-state index is -1.55. The number of carboxylic acid groups (broad SMARTS) is 2. The molecule has 0 heterocycles. The van der Waals surface area contributed by atoms with Crippen LogP contribution in [0.25, 0.3) is 6.08 Å². The van der Waals surface area contributed by atoms with Crippen LogP contribution < -0.4 is 5.73 Å². The molecule has 0 aliphatic heterocycles. The molecule has 2 rings (SSSR count). The molecule has 1 atom stereocenters. The number of aliphatic carboxylic acids is 1. The van der Waals surface area contributed by atoms with Crippen LogP contribution in [0.5, 0.6) is 0 Å². The van der Waals surface area contributed by atoms with Gasteiger partial charge in [0, 0.05) is 0 Å². The zero-order chi connectivity index (χ0) is 11.9. The summed E-state index contributed by atoms with van der Waals surface area (Å²) >= 11 is 0. The van der Waals surface area contributed by atoms with E-state index >= 15 is 0 Å². The molecule has 5 heteroatoms. The Morgan fingerprint density at radius 2 is 1.94 bits per heavy atom. The number of rotatable bonds is 2. The average Bonchev–Trinajstić information content (AvgIpc) is 2.57. The van der Waals surface area contributed by atoms with Crippen LogP contribution in [-0.2, 0) is 10.3 Å². The molecule has 4 N–H and O–H groups in total. The monoisotopic (exact) mass is 219 g/mol. The summed E-state index contributed by atoms with van der Waals surface area (Å²) in [6, 6.07) is 4.19. The molecule has 1 aliphatic carbocycles. The summed E-state index contributed by atoms with van der Waals surface area (Å²) in [4.78, 5) is 21.7. The Morgan fingerprint density at radius 1 is 1.25 bits per heavy atom. The molecule has 1 aromatic carbocycles. The van der Waals surface area contributed by atoms with E-state index in [0.29, 0.717) is 11.1 Å². The lowest BCUT2D eigenvalue weighted by atomic mass is 9.92. The Morgan fingerprint density at radius 3 is 2.50 bits per heavy atom. The maximum Gasteiger partial charge on any atom is 0.335 e. The maximum atomic E-state index is 11.0. The van der Waals surface area contributed by atoms with Crippen molar-refractivity contribution in [3.05, 3.63) is 41.0 Å². The summed E-state index contributed by atoms with van der Waals surface area (Å²) in [6.45, 7) is 0. The van der Waals surface area contributed by atoms with Crippen molar-refractivity contribution < 1.29 is 19.8 Å². The lowest BCUT2D eigenvalue weighted by Crippen LogP contribution is -2.41. The van der Waals surface area contributed by atoms with Crippen molar-refractivity contribution in [2.45, 2.75) is 5.54 Å². The van der Waals surface area contributed by atoms with Gasteiger partial charge in [-0.1, -0.05) is 12.1 Å². The first-order chi connectivity index (χ1) is 7.45. The Hall–Kier alpha value is -2.14. The lowest BCUT2D eigenvalue weighted by Gasteiger charge is -2.18. The SMILES string of the molecule is NC1(C(=O)O)C=Cc2cc(C(=O)O)ccc21. The van der Waals surface area contributed by atoms with Crippen LogP contribution in [0.3, 0.4) is 0 Å². The quantitative estimate of drug-likeness (QED) is 0.678. The number of carbonyl (C=O) groups is 2. The van der Waals surface area contributed by atoms with Crippen LogP contribution in [0, 0.1) is 0 Å². The van der Waals surface area contributed by atoms with E-state index in [-0.39, 0.29) is 5.56 Å². The number of fused-ring (bicyclic) bond motifs is 1. The first kappa shape index (κ1) is 10.4. The van der Waals surface area contributed by atoms with E-state index < -0.39 is 17.5 Å². The molecule has 1 aliphatic rings. The third kappa shape index (κ3) is 1.30. The summed E-state index contributed by atoms with van der Waals surface area (Å²) in [6.07, 6.45) is 2.88. The zero-order valence-electron chi connectivity index (χ0n) is 8.18. The minimum absolute atomic E-state index is 0.109. The molecule has 0 spiro atoms. The number of hydrogen-bond acceptors (Lipinski definition) is 3. The summed E-state index contributed by atoms with van der Waals surface area (Å²) in [5.74, 6) is -2.22. The summed E-state index contributed by atoms with van der Waals surface area (Å²) in [5.41, 5.74) is 5.21. The van der Waals surface area contributed by atoms with Gasteiger partial charge in [-0.05, 0) is 29.3 Å². The molecular weight excluding hydrogens is 210 g/mol. The molecule has 0 amide bonds. The second kappa shape index (κ2) is 3.18. The third-order valence-electron chi connectivity index (χ3n) is 2.62. The molecule has 0 aromatic heterocycles. The normalized spacial score (nSPS) is 21.8. The van der Waals surface area contributed by atoms with Gasteiger partial charge in [0.1, 0.15) is 0 Å². The Kier molecular flexibility index (Phi) is 2.06. The largest absolute Gasteiger partial charge is 0.479 e. The molecule has 5 nitrogen and oxygen atoms in total. The van der Waals surface area contributed by atoms with Crippen molar-refractivity contribution in [1.82, 2.24) is 0 Å². The molecule has 0 saturated heterocycles. The second-order valence-corrected chi connectivity index (χ2v) is 3.61. The Bertz CT molecular complexity index is 521. The van der Waals surface area contributed by atoms with Crippen LogP contribution >= 0.6 is 0 Å². The van der Waals surface area contributed by atoms with Crippen molar-refractivity contribution in [3.63, 3.8) is 0 Å². The molecule has 82 valence electrons. The standard InChI is InChI=1S/C11H9NO4/c12-11(10(15)16)4-3-6-5-7(9(13)14)1-2-8(6)11/h1-5H,12H2,(H,13,14)(H,15,16). The van der Waals surface area contributed by atoms with Crippen molar-refractivity contribution >= 4 is 18.0 Å². The topological polar surface area (TPSA) is 101 Å². The highest BCUT2D eigenvalue weighted by atomic mass is 16.4. The number of hydrogen-bond donors (Lipinski definition) is 3. The van der Waals surface area contributed by atoms with Gasteiger partial charge in [-0.2, -0.15) is 0 Å². The molecule has 0 radical (unpaired) electrons. The van der Waals surface area contributed by atoms with E-state index in [2.05, 4.69) is 0 Å². The van der Waals surface area contributed by atoms with Gasteiger partial charge in [-0.3, -0.25) is 0 Å². The van der Waals surface area contributed by atoms with Gasteiger partial charge in [0.25, 0.3) is 0 Å².